The van der Waals surface area contributed by atoms with Crippen molar-refractivity contribution < 1.29 is 4.79 Å². The van der Waals surface area contributed by atoms with Crippen molar-refractivity contribution in [2.75, 3.05) is 18.0 Å². The SMILES string of the molecule is CC(=O)NC1CCN(c2cncc(Cl)n2)C1. The van der Waals surface area contributed by atoms with Crippen LogP contribution in [0.4, 0.5) is 5.82 Å². The van der Waals surface area contributed by atoms with E-state index in [0.29, 0.717) is 5.15 Å². The number of nitrogens with one attached hydrogen (secondary N) is 1. The van der Waals surface area contributed by atoms with Crippen molar-refractivity contribution in [3.05, 3.63) is 17.5 Å². The topological polar surface area (TPSA) is 58.1 Å². The van der Waals surface area contributed by atoms with Crippen LogP contribution in [0.25, 0.3) is 0 Å². The van der Waals surface area contributed by atoms with Crippen LogP contribution in [-0.4, -0.2) is 35.0 Å². The molecular weight excluding hydrogens is 228 g/mol. The van der Waals surface area contributed by atoms with Gasteiger partial charge in [-0.15, -0.1) is 0 Å². The van der Waals surface area contributed by atoms with Gasteiger partial charge < -0.3 is 10.2 Å². The Bertz CT molecular complexity index is 398. The standard InChI is InChI=1S/C10H13ClN4O/c1-7(16)13-8-2-3-15(6-8)10-5-12-4-9(11)14-10/h4-5,8H,2-3,6H2,1H3,(H,13,16). The Balaban J connectivity index is 2.00. The highest BCUT2D eigenvalue weighted by molar-refractivity contribution is 6.29. The minimum atomic E-state index is 0.00373. The lowest BCUT2D eigenvalue weighted by Crippen LogP contribution is -2.35. The normalized spacial score (nSPS) is 19.9. The summed E-state index contributed by atoms with van der Waals surface area (Å²) in [6, 6.07) is 0.193. The Morgan fingerprint density at radius 1 is 1.62 bits per heavy atom. The second-order valence-electron chi connectivity index (χ2n) is 3.83. The van der Waals surface area contributed by atoms with Gasteiger partial charge in [0.1, 0.15) is 11.0 Å². The molecule has 1 fully saturated rings. The van der Waals surface area contributed by atoms with Crippen molar-refractivity contribution in [1.29, 1.82) is 0 Å². The Hall–Kier alpha value is -1.36. The Morgan fingerprint density at radius 2 is 2.44 bits per heavy atom. The molecule has 2 rings (SSSR count). The van der Waals surface area contributed by atoms with Gasteiger partial charge >= 0.3 is 0 Å². The first kappa shape index (κ1) is 11.1. The number of carbonyl (C=O) groups is 1. The number of aromatic nitrogens is 2. The Kier molecular flexibility index (Phi) is 3.24. The molecule has 1 unspecified atom stereocenters. The van der Waals surface area contributed by atoms with Crippen LogP contribution >= 0.6 is 11.6 Å². The average molecular weight is 241 g/mol. The zero-order chi connectivity index (χ0) is 11.5. The van der Waals surface area contributed by atoms with Crippen molar-refractivity contribution in [3.8, 4) is 0 Å². The molecule has 2 heterocycles. The summed E-state index contributed by atoms with van der Waals surface area (Å²) in [5.74, 6) is 0.768. The molecule has 0 bridgehead atoms. The molecule has 0 spiro atoms. The Labute approximate surface area is 98.8 Å². The van der Waals surface area contributed by atoms with E-state index in [1.165, 1.54) is 13.1 Å². The predicted molar refractivity (Wildman–Crippen MR) is 61.5 cm³/mol. The van der Waals surface area contributed by atoms with Gasteiger partial charge in [-0.2, -0.15) is 0 Å². The summed E-state index contributed by atoms with van der Waals surface area (Å²) in [7, 11) is 0. The van der Waals surface area contributed by atoms with Crippen LogP contribution in [0.3, 0.4) is 0 Å². The van der Waals surface area contributed by atoms with Gasteiger partial charge in [-0.05, 0) is 6.42 Å². The smallest absolute Gasteiger partial charge is 0.217 e. The first-order valence-electron chi connectivity index (χ1n) is 5.15. The molecule has 86 valence electrons. The molecule has 1 N–H and O–H groups in total. The molecule has 5 nitrogen and oxygen atoms in total. The van der Waals surface area contributed by atoms with Crippen molar-refractivity contribution in [1.82, 2.24) is 15.3 Å². The third kappa shape index (κ3) is 2.61. The van der Waals surface area contributed by atoms with E-state index in [0.717, 1.165) is 25.3 Å². The Morgan fingerprint density at radius 3 is 3.12 bits per heavy atom. The lowest BCUT2D eigenvalue weighted by Gasteiger charge is -2.17. The van der Waals surface area contributed by atoms with Crippen LogP contribution in [-0.2, 0) is 4.79 Å². The molecule has 0 aromatic carbocycles. The second-order valence-corrected chi connectivity index (χ2v) is 4.22. The molecule has 1 aliphatic rings. The molecule has 6 heteroatoms. The maximum absolute atomic E-state index is 10.9. The third-order valence-electron chi connectivity index (χ3n) is 2.51. The number of rotatable bonds is 2. The molecule has 16 heavy (non-hydrogen) atoms. The fourth-order valence-electron chi connectivity index (χ4n) is 1.86. The fourth-order valence-corrected chi connectivity index (χ4v) is 2.00. The van der Waals surface area contributed by atoms with E-state index in [2.05, 4.69) is 20.2 Å². The van der Waals surface area contributed by atoms with E-state index in [-0.39, 0.29) is 11.9 Å². The highest BCUT2D eigenvalue weighted by Crippen LogP contribution is 2.18. The fraction of sp³-hybridized carbons (Fsp3) is 0.500. The van der Waals surface area contributed by atoms with E-state index in [9.17, 15) is 4.79 Å². The summed E-state index contributed by atoms with van der Waals surface area (Å²) in [4.78, 5) is 21.2. The molecule has 1 aromatic rings. The number of anilines is 1. The van der Waals surface area contributed by atoms with E-state index in [4.69, 9.17) is 11.6 Å². The maximum Gasteiger partial charge on any atom is 0.217 e. The zero-order valence-corrected chi connectivity index (χ0v) is 9.74. The van der Waals surface area contributed by atoms with Gasteiger partial charge in [0.05, 0.1) is 12.4 Å². The number of amides is 1. The molecule has 1 amide bonds. The summed E-state index contributed by atoms with van der Waals surface area (Å²) in [5.41, 5.74) is 0. The summed E-state index contributed by atoms with van der Waals surface area (Å²) in [6.45, 7) is 3.15. The monoisotopic (exact) mass is 240 g/mol. The highest BCUT2D eigenvalue weighted by Gasteiger charge is 2.24. The summed E-state index contributed by atoms with van der Waals surface area (Å²) < 4.78 is 0. The minimum absolute atomic E-state index is 0.00373. The molecule has 1 saturated heterocycles. The molecule has 1 aromatic heterocycles. The van der Waals surface area contributed by atoms with Gasteiger partial charge in [-0.1, -0.05) is 11.6 Å². The largest absolute Gasteiger partial charge is 0.353 e. The van der Waals surface area contributed by atoms with Gasteiger partial charge in [0, 0.05) is 26.1 Å². The molecule has 0 saturated carbocycles. The van der Waals surface area contributed by atoms with Crippen LogP contribution in [0.2, 0.25) is 5.15 Å². The number of nitrogens with zero attached hydrogens (tertiary/aromatic N) is 3. The summed E-state index contributed by atoms with van der Waals surface area (Å²) >= 11 is 5.77. The third-order valence-corrected chi connectivity index (χ3v) is 2.69. The van der Waals surface area contributed by atoms with Crippen molar-refractivity contribution in [2.45, 2.75) is 19.4 Å². The quantitative estimate of drug-likeness (QED) is 0.833. The van der Waals surface area contributed by atoms with E-state index < -0.39 is 0 Å². The van der Waals surface area contributed by atoms with Crippen molar-refractivity contribution in [2.24, 2.45) is 0 Å². The molecule has 0 radical (unpaired) electrons. The maximum atomic E-state index is 10.9. The summed E-state index contributed by atoms with van der Waals surface area (Å²) in [5, 5.41) is 3.28. The van der Waals surface area contributed by atoms with Crippen molar-refractivity contribution >= 4 is 23.3 Å². The number of hydrogen-bond acceptors (Lipinski definition) is 4. The first-order valence-corrected chi connectivity index (χ1v) is 5.52. The van der Waals surface area contributed by atoms with E-state index in [1.54, 1.807) is 6.20 Å². The molecule has 1 aliphatic heterocycles. The second kappa shape index (κ2) is 4.65. The van der Waals surface area contributed by atoms with Gasteiger partial charge in [0.25, 0.3) is 0 Å². The molecule has 0 aliphatic carbocycles. The van der Waals surface area contributed by atoms with Crippen LogP contribution in [0, 0.1) is 0 Å². The van der Waals surface area contributed by atoms with Crippen LogP contribution in [0.1, 0.15) is 13.3 Å². The van der Waals surface area contributed by atoms with Crippen LogP contribution in [0.15, 0.2) is 12.4 Å². The number of carbonyl (C=O) groups excluding carboxylic acids is 1. The van der Waals surface area contributed by atoms with Gasteiger partial charge in [0.2, 0.25) is 5.91 Å². The van der Waals surface area contributed by atoms with Gasteiger partial charge in [-0.25, -0.2) is 4.98 Å². The molecule has 1 atom stereocenters. The number of hydrogen-bond donors (Lipinski definition) is 1. The lowest BCUT2D eigenvalue weighted by molar-refractivity contribution is -0.119. The molecular formula is C10H13ClN4O. The van der Waals surface area contributed by atoms with E-state index in [1.807, 2.05) is 0 Å². The van der Waals surface area contributed by atoms with Gasteiger partial charge in [-0.3, -0.25) is 9.78 Å². The van der Waals surface area contributed by atoms with Gasteiger partial charge in [0.15, 0.2) is 0 Å². The zero-order valence-electron chi connectivity index (χ0n) is 8.98. The minimum Gasteiger partial charge on any atom is -0.353 e. The van der Waals surface area contributed by atoms with Crippen LogP contribution < -0.4 is 10.2 Å². The van der Waals surface area contributed by atoms with Crippen LogP contribution in [0.5, 0.6) is 0 Å². The first-order chi connectivity index (χ1) is 7.65. The van der Waals surface area contributed by atoms with E-state index >= 15 is 0 Å². The average Bonchev–Trinajstić information content (AvgIpc) is 2.65. The number of halogens is 1. The highest BCUT2D eigenvalue weighted by atomic mass is 35.5. The summed E-state index contributed by atoms with van der Waals surface area (Å²) in [6.07, 6.45) is 4.11. The lowest BCUT2D eigenvalue weighted by atomic mass is 10.3. The van der Waals surface area contributed by atoms with Crippen molar-refractivity contribution in [3.63, 3.8) is 0 Å². The predicted octanol–water partition coefficient (Wildman–Crippen LogP) is 0.845.